The van der Waals surface area contributed by atoms with E-state index >= 15 is 0 Å². The molecule has 0 aliphatic heterocycles. The van der Waals surface area contributed by atoms with Crippen LogP contribution >= 0.6 is 0 Å². The summed E-state index contributed by atoms with van der Waals surface area (Å²) in [5.74, 6) is 0.651. The summed E-state index contributed by atoms with van der Waals surface area (Å²) in [6, 6.07) is 15.0. The van der Waals surface area contributed by atoms with Crippen LogP contribution in [0.4, 0.5) is 11.4 Å². The maximum Gasteiger partial charge on any atom is 0.121 e. The first-order valence-corrected chi connectivity index (χ1v) is 6.04. The molecule has 0 saturated heterocycles. The van der Waals surface area contributed by atoms with Gasteiger partial charge in [-0.1, -0.05) is 12.1 Å². The molecule has 0 unspecified atom stereocenters. The Labute approximate surface area is 117 Å². The van der Waals surface area contributed by atoms with Crippen molar-refractivity contribution in [2.45, 2.75) is 6.92 Å². The zero-order valence-electron chi connectivity index (χ0n) is 11.3. The molecule has 0 saturated carbocycles. The number of nitrogens with one attached hydrogen (secondary N) is 1. The van der Waals surface area contributed by atoms with E-state index < -0.39 is 0 Å². The van der Waals surface area contributed by atoms with Gasteiger partial charge in [-0.05, 0) is 30.7 Å². The summed E-state index contributed by atoms with van der Waals surface area (Å²) in [5, 5.41) is 21.5. The van der Waals surface area contributed by atoms with Crippen LogP contribution in [0.2, 0.25) is 0 Å². The highest BCUT2D eigenvalue weighted by Crippen LogP contribution is 2.28. The molecule has 0 fully saturated rings. The molecule has 2 rings (SSSR count). The third-order valence-corrected chi connectivity index (χ3v) is 3.00. The van der Waals surface area contributed by atoms with Gasteiger partial charge in [0.1, 0.15) is 17.9 Å². The third kappa shape index (κ3) is 2.55. The monoisotopic (exact) mass is 263 g/mol. The largest absolute Gasteiger partial charge is 0.497 e. The van der Waals surface area contributed by atoms with Gasteiger partial charge in [-0.15, -0.1) is 0 Å². The molecule has 2 aromatic rings. The second kappa shape index (κ2) is 5.77. The number of nitrogens with zero attached hydrogens (tertiary/aromatic N) is 2. The van der Waals surface area contributed by atoms with Crippen molar-refractivity contribution in [3.05, 3.63) is 53.1 Å². The van der Waals surface area contributed by atoms with Crippen LogP contribution in [0.5, 0.6) is 5.75 Å². The predicted molar refractivity (Wildman–Crippen MR) is 76.9 cm³/mol. The Bertz CT molecular complexity index is 723. The summed E-state index contributed by atoms with van der Waals surface area (Å²) in [4.78, 5) is 0. The average molecular weight is 263 g/mol. The maximum atomic E-state index is 9.22. The number of methoxy groups -OCH3 is 1. The van der Waals surface area contributed by atoms with Gasteiger partial charge in [-0.2, -0.15) is 10.5 Å². The van der Waals surface area contributed by atoms with Crippen molar-refractivity contribution < 1.29 is 4.74 Å². The summed E-state index contributed by atoms with van der Waals surface area (Å²) in [6.07, 6.45) is 0. The van der Waals surface area contributed by atoms with Crippen LogP contribution in [-0.4, -0.2) is 7.11 Å². The van der Waals surface area contributed by atoms with Crippen LogP contribution in [0, 0.1) is 29.6 Å². The van der Waals surface area contributed by atoms with Gasteiger partial charge in [0.15, 0.2) is 0 Å². The second-order valence-corrected chi connectivity index (χ2v) is 4.26. The Morgan fingerprint density at radius 3 is 2.50 bits per heavy atom. The molecule has 1 N–H and O–H groups in total. The van der Waals surface area contributed by atoms with Crippen molar-refractivity contribution in [2.75, 3.05) is 12.4 Å². The molecule has 0 radical (unpaired) electrons. The Kier molecular flexibility index (Phi) is 3.88. The molecule has 0 aliphatic rings. The Hall–Kier alpha value is -2.98. The molecular weight excluding hydrogens is 250 g/mol. The van der Waals surface area contributed by atoms with Crippen molar-refractivity contribution in [2.24, 2.45) is 0 Å². The van der Waals surface area contributed by atoms with Gasteiger partial charge in [0.25, 0.3) is 0 Å². The molecule has 0 bridgehead atoms. The van der Waals surface area contributed by atoms with Gasteiger partial charge in [0.05, 0.1) is 29.6 Å². The number of aryl methyl sites for hydroxylation is 1. The normalized spacial score (nSPS) is 9.40. The van der Waals surface area contributed by atoms with E-state index in [1.165, 1.54) is 0 Å². The van der Waals surface area contributed by atoms with Crippen LogP contribution in [0.15, 0.2) is 36.4 Å². The van der Waals surface area contributed by atoms with Gasteiger partial charge in [-0.25, -0.2) is 0 Å². The minimum absolute atomic E-state index is 0.496. The smallest absolute Gasteiger partial charge is 0.121 e. The van der Waals surface area contributed by atoms with Crippen LogP contribution in [0.25, 0.3) is 0 Å². The number of anilines is 2. The van der Waals surface area contributed by atoms with Gasteiger partial charge in [0, 0.05) is 6.07 Å². The van der Waals surface area contributed by atoms with Crippen LogP contribution < -0.4 is 10.1 Å². The van der Waals surface area contributed by atoms with Crippen molar-refractivity contribution in [3.63, 3.8) is 0 Å². The number of rotatable bonds is 3. The van der Waals surface area contributed by atoms with E-state index in [1.807, 2.05) is 25.1 Å². The van der Waals surface area contributed by atoms with E-state index in [9.17, 15) is 5.26 Å². The van der Waals surface area contributed by atoms with Crippen LogP contribution in [-0.2, 0) is 0 Å². The highest BCUT2D eigenvalue weighted by atomic mass is 16.5. The lowest BCUT2D eigenvalue weighted by molar-refractivity contribution is 0.415. The molecule has 2 aromatic carbocycles. The first-order valence-electron chi connectivity index (χ1n) is 6.04. The quantitative estimate of drug-likeness (QED) is 0.920. The standard InChI is InChI=1S/C16H13N3O/c1-11-4-3-5-15(14(11)10-18)19-16-8-13(20-2)7-6-12(16)9-17/h3-8,19H,1-2H3. The number of ether oxygens (including phenoxy) is 1. The zero-order chi connectivity index (χ0) is 14.5. The molecule has 98 valence electrons. The molecule has 0 atom stereocenters. The Morgan fingerprint density at radius 1 is 1.05 bits per heavy atom. The molecule has 0 aromatic heterocycles. The van der Waals surface area contributed by atoms with E-state index in [2.05, 4.69) is 17.5 Å². The first-order chi connectivity index (χ1) is 9.69. The molecule has 4 heteroatoms. The number of hydrogen-bond acceptors (Lipinski definition) is 4. The summed E-state index contributed by atoms with van der Waals surface area (Å²) in [7, 11) is 1.57. The van der Waals surface area contributed by atoms with Gasteiger partial charge in [-0.3, -0.25) is 0 Å². The number of hydrogen-bond donors (Lipinski definition) is 1. The van der Waals surface area contributed by atoms with Gasteiger partial charge in [0.2, 0.25) is 0 Å². The van der Waals surface area contributed by atoms with E-state index in [0.717, 1.165) is 5.56 Å². The van der Waals surface area contributed by atoms with E-state index in [-0.39, 0.29) is 0 Å². The third-order valence-electron chi connectivity index (χ3n) is 3.00. The topological polar surface area (TPSA) is 68.8 Å². The highest BCUT2D eigenvalue weighted by molar-refractivity contribution is 5.72. The van der Waals surface area contributed by atoms with Crippen LogP contribution in [0.1, 0.15) is 16.7 Å². The fourth-order valence-corrected chi connectivity index (χ4v) is 1.92. The summed E-state index contributed by atoms with van der Waals surface area (Å²) in [5.41, 5.74) is 3.25. The summed E-state index contributed by atoms with van der Waals surface area (Å²) in [6.45, 7) is 1.88. The molecule has 0 spiro atoms. The molecule has 20 heavy (non-hydrogen) atoms. The predicted octanol–water partition coefficient (Wildman–Crippen LogP) is 3.49. The van der Waals surface area contributed by atoms with Crippen molar-refractivity contribution in [3.8, 4) is 17.9 Å². The molecule has 0 amide bonds. The van der Waals surface area contributed by atoms with Crippen LogP contribution in [0.3, 0.4) is 0 Å². The molecule has 0 heterocycles. The number of nitriles is 2. The van der Waals surface area contributed by atoms with Crippen molar-refractivity contribution >= 4 is 11.4 Å². The molecular formula is C16H13N3O. The maximum absolute atomic E-state index is 9.22. The lowest BCUT2D eigenvalue weighted by Crippen LogP contribution is -1.98. The van der Waals surface area contributed by atoms with Gasteiger partial charge >= 0.3 is 0 Å². The minimum Gasteiger partial charge on any atom is -0.497 e. The SMILES string of the molecule is COc1ccc(C#N)c(Nc2cccc(C)c2C#N)c1. The Morgan fingerprint density at radius 2 is 1.85 bits per heavy atom. The molecule has 4 nitrogen and oxygen atoms in total. The average Bonchev–Trinajstić information content (AvgIpc) is 2.47. The van der Waals surface area contributed by atoms with Gasteiger partial charge < -0.3 is 10.1 Å². The fraction of sp³-hybridized carbons (Fsp3) is 0.125. The number of benzene rings is 2. The lowest BCUT2D eigenvalue weighted by Gasteiger charge is -2.12. The van der Waals surface area contributed by atoms with E-state index in [4.69, 9.17) is 10.00 Å². The highest BCUT2D eigenvalue weighted by Gasteiger charge is 2.09. The minimum atomic E-state index is 0.496. The second-order valence-electron chi connectivity index (χ2n) is 4.26. The van der Waals surface area contributed by atoms with E-state index in [1.54, 1.807) is 25.3 Å². The summed E-state index contributed by atoms with van der Waals surface area (Å²) < 4.78 is 5.16. The molecule has 0 aliphatic carbocycles. The van der Waals surface area contributed by atoms with E-state index in [0.29, 0.717) is 28.3 Å². The first kappa shape index (κ1) is 13.5. The van der Waals surface area contributed by atoms with Crippen molar-refractivity contribution in [1.29, 1.82) is 10.5 Å². The Balaban J connectivity index is 2.48. The lowest BCUT2D eigenvalue weighted by atomic mass is 10.1. The zero-order valence-corrected chi connectivity index (χ0v) is 11.3. The summed E-state index contributed by atoms with van der Waals surface area (Å²) >= 11 is 0. The van der Waals surface area contributed by atoms with Crippen molar-refractivity contribution in [1.82, 2.24) is 0 Å². The fourth-order valence-electron chi connectivity index (χ4n) is 1.92.